The molecule has 0 saturated carbocycles. The van der Waals surface area contributed by atoms with Crippen LogP contribution in [0.5, 0.6) is 5.75 Å². The molecule has 0 N–H and O–H groups in total. The number of aromatic nitrogens is 5. The Balaban J connectivity index is 1.62. The number of Topliss-reactive ketones (excluding diaryl/α,β-unsaturated/α-hetero) is 1. The van der Waals surface area contributed by atoms with Gasteiger partial charge in [-0.1, -0.05) is 23.9 Å². The Morgan fingerprint density at radius 1 is 1.03 bits per heavy atom. The number of rotatable bonds is 8. The van der Waals surface area contributed by atoms with E-state index in [9.17, 15) is 4.79 Å². The first-order valence-corrected chi connectivity index (χ1v) is 10.3. The number of methoxy groups -OCH3 is 1. The van der Waals surface area contributed by atoms with Crippen LogP contribution in [0.25, 0.3) is 17.2 Å². The van der Waals surface area contributed by atoms with E-state index in [-0.39, 0.29) is 11.5 Å². The summed E-state index contributed by atoms with van der Waals surface area (Å²) in [5.41, 5.74) is 2.48. The van der Waals surface area contributed by atoms with Gasteiger partial charge in [-0.15, -0.1) is 10.2 Å². The van der Waals surface area contributed by atoms with E-state index in [1.165, 1.54) is 11.8 Å². The van der Waals surface area contributed by atoms with Gasteiger partial charge in [0, 0.05) is 31.1 Å². The molecule has 1 aromatic carbocycles. The molecule has 4 rings (SSSR count). The molecular weight excluding hydrogens is 398 g/mol. The van der Waals surface area contributed by atoms with Crippen LogP contribution in [0.2, 0.25) is 0 Å². The second-order valence-electron chi connectivity index (χ2n) is 6.42. The van der Waals surface area contributed by atoms with Gasteiger partial charge in [-0.25, -0.2) is 0 Å². The van der Waals surface area contributed by atoms with Gasteiger partial charge in [0.1, 0.15) is 17.2 Å². The van der Waals surface area contributed by atoms with Crippen molar-refractivity contribution in [3.63, 3.8) is 0 Å². The molecule has 7 nitrogen and oxygen atoms in total. The largest absolute Gasteiger partial charge is 0.497 e. The Hall–Kier alpha value is -3.52. The molecule has 30 heavy (non-hydrogen) atoms. The van der Waals surface area contributed by atoms with Crippen molar-refractivity contribution in [2.24, 2.45) is 0 Å². The Bertz CT molecular complexity index is 1130. The van der Waals surface area contributed by atoms with Crippen molar-refractivity contribution in [1.82, 2.24) is 24.7 Å². The van der Waals surface area contributed by atoms with Gasteiger partial charge in [0.2, 0.25) is 0 Å². The fourth-order valence-electron chi connectivity index (χ4n) is 2.93. The zero-order chi connectivity index (χ0) is 20.8. The number of hydrogen-bond acceptors (Lipinski definition) is 7. The number of pyridine rings is 2. The summed E-state index contributed by atoms with van der Waals surface area (Å²) in [7, 11) is 1.62. The Labute approximate surface area is 178 Å². The smallest absolute Gasteiger partial charge is 0.196 e. The molecule has 3 heterocycles. The van der Waals surface area contributed by atoms with Crippen LogP contribution < -0.4 is 4.74 Å². The predicted molar refractivity (Wildman–Crippen MR) is 115 cm³/mol. The third kappa shape index (κ3) is 4.55. The third-order valence-corrected chi connectivity index (χ3v) is 5.34. The molecule has 0 aliphatic heterocycles. The summed E-state index contributed by atoms with van der Waals surface area (Å²) < 4.78 is 7.27. The lowest BCUT2D eigenvalue weighted by molar-refractivity contribution is -0.116. The van der Waals surface area contributed by atoms with Crippen molar-refractivity contribution < 1.29 is 9.53 Å². The highest BCUT2D eigenvalue weighted by Gasteiger charge is 2.18. The van der Waals surface area contributed by atoms with Crippen LogP contribution in [0.4, 0.5) is 0 Å². The molecule has 0 aliphatic carbocycles. The maximum Gasteiger partial charge on any atom is 0.196 e. The maximum absolute atomic E-state index is 12.5. The van der Waals surface area contributed by atoms with E-state index in [1.54, 1.807) is 25.7 Å². The first kappa shape index (κ1) is 19.8. The van der Waals surface area contributed by atoms with E-state index in [0.29, 0.717) is 23.1 Å². The molecule has 8 heteroatoms. The average molecular weight is 417 g/mol. The van der Waals surface area contributed by atoms with E-state index in [2.05, 4.69) is 20.2 Å². The van der Waals surface area contributed by atoms with E-state index in [1.807, 2.05) is 59.2 Å². The van der Waals surface area contributed by atoms with Gasteiger partial charge >= 0.3 is 0 Å². The summed E-state index contributed by atoms with van der Waals surface area (Å²) >= 11 is 1.35. The molecule has 0 radical (unpaired) electrons. The van der Waals surface area contributed by atoms with E-state index in [0.717, 1.165) is 17.0 Å². The highest BCUT2D eigenvalue weighted by Crippen LogP contribution is 2.28. The van der Waals surface area contributed by atoms with Gasteiger partial charge in [0.05, 0.1) is 18.6 Å². The van der Waals surface area contributed by atoms with Gasteiger partial charge in [-0.05, 0) is 42.0 Å². The van der Waals surface area contributed by atoms with Crippen LogP contribution in [0.15, 0.2) is 78.3 Å². The molecule has 4 aromatic rings. The van der Waals surface area contributed by atoms with Crippen molar-refractivity contribution in [2.75, 3.05) is 12.9 Å². The number of nitrogens with zero attached hydrogens (tertiary/aromatic N) is 5. The average Bonchev–Trinajstić information content (AvgIpc) is 3.23. The summed E-state index contributed by atoms with van der Waals surface area (Å²) in [6, 6.07) is 16.9. The van der Waals surface area contributed by atoms with Crippen LogP contribution in [0, 0.1) is 0 Å². The molecule has 150 valence electrons. The van der Waals surface area contributed by atoms with Crippen LogP contribution in [0.3, 0.4) is 0 Å². The van der Waals surface area contributed by atoms with Gasteiger partial charge in [0.25, 0.3) is 0 Å². The number of carbonyl (C=O) groups excluding carboxylic acids is 1. The topological polar surface area (TPSA) is 82.8 Å². The fourth-order valence-corrected chi connectivity index (χ4v) is 3.74. The zero-order valence-corrected chi connectivity index (χ0v) is 17.1. The van der Waals surface area contributed by atoms with Gasteiger partial charge < -0.3 is 4.74 Å². The van der Waals surface area contributed by atoms with Crippen LogP contribution in [0.1, 0.15) is 5.56 Å². The minimum absolute atomic E-state index is 0.103. The molecule has 0 aliphatic rings. The summed E-state index contributed by atoms with van der Waals surface area (Å²) in [5.74, 6) is 1.71. The first-order valence-electron chi connectivity index (χ1n) is 9.29. The molecule has 0 spiro atoms. The van der Waals surface area contributed by atoms with Crippen molar-refractivity contribution >= 4 is 17.5 Å². The van der Waals surface area contributed by atoms with E-state index in [4.69, 9.17) is 4.74 Å². The molecule has 0 unspecified atom stereocenters. The quantitative estimate of drug-likeness (QED) is 0.405. The predicted octanol–water partition coefficient (Wildman–Crippen LogP) is 3.64. The van der Waals surface area contributed by atoms with Crippen LogP contribution in [-0.2, 0) is 11.2 Å². The van der Waals surface area contributed by atoms with Gasteiger partial charge in [0.15, 0.2) is 11.0 Å². The number of ketones is 1. The standard InChI is InChI=1S/C22H19N5O2S/c1-29-19-6-4-5-17(14-19)27-21(20-7-2-3-10-24-20)25-26-22(27)30-15-18(28)13-16-8-11-23-12-9-16/h2-12,14H,13,15H2,1H3. The van der Waals surface area contributed by atoms with Gasteiger partial charge in [-0.2, -0.15) is 0 Å². The number of thioether (sulfide) groups is 1. The number of hydrogen-bond donors (Lipinski definition) is 0. The second kappa shape index (κ2) is 9.32. The molecule has 0 atom stereocenters. The van der Waals surface area contributed by atoms with E-state index >= 15 is 0 Å². The second-order valence-corrected chi connectivity index (χ2v) is 7.36. The Morgan fingerprint density at radius 3 is 2.67 bits per heavy atom. The van der Waals surface area contributed by atoms with Gasteiger partial charge in [-0.3, -0.25) is 19.3 Å². The number of benzene rings is 1. The van der Waals surface area contributed by atoms with Crippen molar-refractivity contribution in [1.29, 1.82) is 0 Å². The molecule has 0 fully saturated rings. The summed E-state index contributed by atoms with van der Waals surface area (Å²) in [6.45, 7) is 0. The minimum atomic E-state index is 0.103. The molecule has 3 aromatic heterocycles. The number of ether oxygens (including phenoxy) is 1. The zero-order valence-electron chi connectivity index (χ0n) is 16.3. The normalized spacial score (nSPS) is 10.7. The van der Waals surface area contributed by atoms with Crippen LogP contribution >= 0.6 is 11.8 Å². The summed E-state index contributed by atoms with van der Waals surface area (Å²) in [6.07, 6.45) is 5.45. The first-order chi connectivity index (χ1) is 14.7. The summed E-state index contributed by atoms with van der Waals surface area (Å²) in [5, 5.41) is 9.30. The fraction of sp³-hybridized carbons (Fsp3) is 0.136. The number of carbonyl (C=O) groups is 1. The summed E-state index contributed by atoms with van der Waals surface area (Å²) in [4.78, 5) is 20.9. The molecule has 0 bridgehead atoms. The minimum Gasteiger partial charge on any atom is -0.497 e. The SMILES string of the molecule is COc1cccc(-n2c(SCC(=O)Cc3ccncc3)nnc2-c2ccccn2)c1. The maximum atomic E-state index is 12.5. The third-order valence-electron chi connectivity index (χ3n) is 4.35. The van der Waals surface area contributed by atoms with Crippen molar-refractivity contribution in [3.8, 4) is 23.0 Å². The lowest BCUT2D eigenvalue weighted by atomic mass is 10.1. The molecule has 0 amide bonds. The monoisotopic (exact) mass is 417 g/mol. The van der Waals surface area contributed by atoms with Crippen molar-refractivity contribution in [3.05, 3.63) is 78.8 Å². The van der Waals surface area contributed by atoms with E-state index < -0.39 is 0 Å². The highest BCUT2D eigenvalue weighted by atomic mass is 32.2. The Morgan fingerprint density at radius 2 is 1.90 bits per heavy atom. The molecule has 0 saturated heterocycles. The molecular formula is C22H19N5O2S. The Kier molecular flexibility index (Phi) is 6.14. The lowest BCUT2D eigenvalue weighted by Crippen LogP contribution is -2.07. The van der Waals surface area contributed by atoms with Crippen LogP contribution in [-0.4, -0.2) is 43.4 Å². The van der Waals surface area contributed by atoms with Crippen molar-refractivity contribution in [2.45, 2.75) is 11.6 Å². The highest BCUT2D eigenvalue weighted by molar-refractivity contribution is 7.99. The lowest BCUT2D eigenvalue weighted by Gasteiger charge is -2.11.